The van der Waals surface area contributed by atoms with Crippen LogP contribution in [0.4, 0.5) is 4.39 Å². The molecule has 0 radical (unpaired) electrons. The van der Waals surface area contributed by atoms with Crippen molar-refractivity contribution in [3.05, 3.63) is 35.8 Å². The lowest BCUT2D eigenvalue weighted by Gasteiger charge is -2.09. The molecule has 0 aliphatic rings. The van der Waals surface area contributed by atoms with Crippen LogP contribution in [-0.2, 0) is 9.47 Å². The van der Waals surface area contributed by atoms with Crippen LogP contribution in [0.25, 0.3) is 11.0 Å². The monoisotopic (exact) mass is 240 g/mol. The third-order valence-electron chi connectivity index (χ3n) is 2.20. The van der Waals surface area contributed by atoms with Crippen molar-refractivity contribution >= 4 is 11.0 Å². The number of fused-ring (bicyclic) bond motifs is 1. The number of methoxy groups -OCH3 is 2. The Morgan fingerprint density at radius 1 is 1.12 bits per heavy atom. The summed E-state index contributed by atoms with van der Waals surface area (Å²) in [4.78, 5) is 0. The van der Waals surface area contributed by atoms with Crippen molar-refractivity contribution in [1.29, 1.82) is 0 Å². The summed E-state index contributed by atoms with van der Waals surface area (Å²) < 4.78 is 29.0. The van der Waals surface area contributed by atoms with Crippen LogP contribution in [0, 0.1) is 5.82 Å². The Hall–Kier alpha value is -1.39. The number of furan rings is 1. The number of hydrogen-bond acceptors (Lipinski definition) is 3. The first-order valence-electron chi connectivity index (χ1n) is 5.50. The van der Waals surface area contributed by atoms with E-state index < -0.39 is 12.1 Å². The average molecular weight is 240 g/mol. The van der Waals surface area contributed by atoms with E-state index in [9.17, 15) is 4.39 Å². The second kappa shape index (κ2) is 6.37. The maximum absolute atomic E-state index is 13.8. The van der Waals surface area contributed by atoms with Gasteiger partial charge in [0.1, 0.15) is 5.58 Å². The summed E-state index contributed by atoms with van der Waals surface area (Å²) in [5.41, 5.74) is 0.490. The van der Waals surface area contributed by atoms with Gasteiger partial charge in [0.25, 0.3) is 0 Å². The number of halogens is 1. The van der Waals surface area contributed by atoms with Gasteiger partial charge in [-0.25, -0.2) is 4.39 Å². The van der Waals surface area contributed by atoms with Crippen molar-refractivity contribution in [2.24, 2.45) is 0 Å². The summed E-state index contributed by atoms with van der Waals surface area (Å²) in [6.45, 7) is 4.00. The predicted molar refractivity (Wildman–Crippen MR) is 64.3 cm³/mol. The van der Waals surface area contributed by atoms with Crippen molar-refractivity contribution in [2.75, 3.05) is 14.2 Å². The standard InChI is InChI=1S/C11H11FO3.C2H6/c1-13-11(14-2)10-9(12)7-5-3-4-6-8(7)15-10;1-2/h3-6,11H,1-2H3;1-2H3. The predicted octanol–water partition coefficient (Wildman–Crippen LogP) is 3.89. The molecular weight excluding hydrogens is 223 g/mol. The molecule has 0 N–H and O–H groups in total. The fourth-order valence-electron chi connectivity index (χ4n) is 1.49. The molecule has 1 heterocycles. The van der Waals surface area contributed by atoms with E-state index in [1.54, 1.807) is 24.3 Å². The van der Waals surface area contributed by atoms with Crippen LogP contribution >= 0.6 is 0 Å². The van der Waals surface area contributed by atoms with Crippen LogP contribution in [-0.4, -0.2) is 14.2 Å². The number of hydrogen-bond donors (Lipinski definition) is 0. The zero-order valence-corrected chi connectivity index (χ0v) is 10.5. The first kappa shape index (κ1) is 13.7. The van der Waals surface area contributed by atoms with E-state index in [2.05, 4.69) is 0 Å². The van der Waals surface area contributed by atoms with Crippen LogP contribution in [0.1, 0.15) is 25.9 Å². The van der Waals surface area contributed by atoms with Crippen molar-refractivity contribution < 1.29 is 18.3 Å². The quantitative estimate of drug-likeness (QED) is 0.763. The highest BCUT2D eigenvalue weighted by Gasteiger charge is 2.22. The first-order chi connectivity index (χ1) is 8.27. The molecule has 0 fully saturated rings. The molecule has 1 aromatic carbocycles. The van der Waals surface area contributed by atoms with E-state index in [4.69, 9.17) is 13.9 Å². The Labute approximate surface area is 100 Å². The van der Waals surface area contributed by atoms with Crippen molar-refractivity contribution in [3.8, 4) is 0 Å². The second-order valence-electron chi connectivity index (χ2n) is 3.08. The summed E-state index contributed by atoms with van der Waals surface area (Å²) in [6.07, 6.45) is -0.808. The van der Waals surface area contributed by atoms with Crippen LogP contribution in [0.5, 0.6) is 0 Å². The highest BCUT2D eigenvalue weighted by atomic mass is 19.1. The molecule has 4 heteroatoms. The Morgan fingerprint density at radius 2 is 1.71 bits per heavy atom. The van der Waals surface area contributed by atoms with E-state index in [1.807, 2.05) is 13.8 Å². The summed E-state index contributed by atoms with van der Waals surface area (Å²) in [7, 11) is 2.86. The minimum atomic E-state index is -0.808. The van der Waals surface area contributed by atoms with Gasteiger partial charge in [0.2, 0.25) is 6.29 Å². The average Bonchev–Trinajstić information content (AvgIpc) is 2.72. The molecule has 94 valence electrons. The topological polar surface area (TPSA) is 31.6 Å². The zero-order valence-electron chi connectivity index (χ0n) is 10.5. The smallest absolute Gasteiger partial charge is 0.219 e. The van der Waals surface area contributed by atoms with E-state index in [0.29, 0.717) is 11.0 Å². The van der Waals surface area contributed by atoms with Gasteiger partial charge >= 0.3 is 0 Å². The Morgan fingerprint density at radius 3 is 2.24 bits per heavy atom. The van der Waals surface area contributed by atoms with Gasteiger partial charge in [-0.1, -0.05) is 26.0 Å². The number of ether oxygens (including phenoxy) is 2. The van der Waals surface area contributed by atoms with Gasteiger partial charge in [-0.2, -0.15) is 0 Å². The minimum Gasteiger partial charge on any atom is -0.452 e. The zero-order chi connectivity index (χ0) is 12.8. The highest BCUT2D eigenvalue weighted by molar-refractivity contribution is 5.78. The van der Waals surface area contributed by atoms with E-state index in [-0.39, 0.29) is 5.76 Å². The Balaban J connectivity index is 0.000000686. The summed E-state index contributed by atoms with van der Waals surface area (Å²) in [6, 6.07) is 6.88. The van der Waals surface area contributed by atoms with Gasteiger partial charge in [0, 0.05) is 14.2 Å². The fourth-order valence-corrected chi connectivity index (χ4v) is 1.49. The van der Waals surface area contributed by atoms with Crippen LogP contribution in [0.15, 0.2) is 28.7 Å². The van der Waals surface area contributed by atoms with E-state index in [0.717, 1.165) is 0 Å². The molecule has 3 nitrogen and oxygen atoms in total. The number of benzene rings is 1. The molecule has 0 saturated heterocycles. The SMILES string of the molecule is CC.COC(OC)c1oc2ccccc2c1F. The highest BCUT2D eigenvalue weighted by Crippen LogP contribution is 2.30. The third-order valence-corrected chi connectivity index (χ3v) is 2.20. The van der Waals surface area contributed by atoms with Crippen LogP contribution in [0.2, 0.25) is 0 Å². The van der Waals surface area contributed by atoms with Gasteiger partial charge < -0.3 is 13.9 Å². The summed E-state index contributed by atoms with van der Waals surface area (Å²) >= 11 is 0. The normalized spacial score (nSPS) is 10.5. The molecule has 1 aromatic heterocycles. The molecule has 0 spiro atoms. The second-order valence-corrected chi connectivity index (χ2v) is 3.08. The van der Waals surface area contributed by atoms with Crippen molar-refractivity contribution in [2.45, 2.75) is 20.1 Å². The number of para-hydroxylation sites is 1. The lowest BCUT2D eigenvalue weighted by molar-refractivity contribution is -0.119. The molecule has 0 aliphatic carbocycles. The van der Waals surface area contributed by atoms with Crippen molar-refractivity contribution in [3.63, 3.8) is 0 Å². The van der Waals surface area contributed by atoms with Gasteiger partial charge in [-0.3, -0.25) is 0 Å². The van der Waals surface area contributed by atoms with Crippen LogP contribution < -0.4 is 0 Å². The third kappa shape index (κ3) is 2.65. The van der Waals surface area contributed by atoms with Gasteiger partial charge in [-0.15, -0.1) is 0 Å². The molecule has 0 unspecified atom stereocenters. The van der Waals surface area contributed by atoms with E-state index in [1.165, 1.54) is 14.2 Å². The minimum absolute atomic E-state index is 0.0706. The molecule has 0 amide bonds. The Kier molecular flexibility index (Phi) is 5.12. The molecule has 2 rings (SSSR count). The summed E-state index contributed by atoms with van der Waals surface area (Å²) in [5.74, 6) is -0.361. The Bertz CT molecular complexity index is 461. The largest absolute Gasteiger partial charge is 0.452 e. The molecule has 0 atom stereocenters. The fraction of sp³-hybridized carbons (Fsp3) is 0.385. The molecule has 0 bridgehead atoms. The maximum Gasteiger partial charge on any atom is 0.219 e. The molecule has 0 aliphatic heterocycles. The lowest BCUT2D eigenvalue weighted by atomic mass is 10.2. The first-order valence-corrected chi connectivity index (χ1v) is 5.50. The van der Waals surface area contributed by atoms with E-state index >= 15 is 0 Å². The van der Waals surface area contributed by atoms with Gasteiger partial charge in [0.05, 0.1) is 5.39 Å². The molecule has 0 saturated carbocycles. The summed E-state index contributed by atoms with van der Waals surface area (Å²) in [5, 5.41) is 0.437. The van der Waals surface area contributed by atoms with Gasteiger partial charge in [0.15, 0.2) is 11.6 Å². The number of rotatable bonds is 3. The molecule has 17 heavy (non-hydrogen) atoms. The maximum atomic E-state index is 13.8. The van der Waals surface area contributed by atoms with Gasteiger partial charge in [-0.05, 0) is 12.1 Å². The van der Waals surface area contributed by atoms with Crippen molar-refractivity contribution in [1.82, 2.24) is 0 Å². The lowest BCUT2D eigenvalue weighted by Crippen LogP contribution is -2.03. The molecule has 2 aromatic rings. The van der Waals surface area contributed by atoms with Crippen LogP contribution in [0.3, 0.4) is 0 Å². The molecular formula is C13H17FO3.